The van der Waals surface area contributed by atoms with Crippen molar-refractivity contribution in [3.05, 3.63) is 27.9 Å². The average Bonchev–Trinajstić information content (AvgIpc) is 2.95. The van der Waals surface area contributed by atoms with Crippen LogP contribution in [-0.2, 0) is 10.5 Å². The summed E-state index contributed by atoms with van der Waals surface area (Å²) in [5.41, 5.74) is 2.09. The summed E-state index contributed by atoms with van der Waals surface area (Å²) in [6.45, 7) is 1.69. The topological polar surface area (TPSA) is 50.2 Å². The van der Waals surface area contributed by atoms with E-state index in [1.54, 1.807) is 29.6 Å². The van der Waals surface area contributed by atoms with E-state index in [-0.39, 0.29) is 5.25 Å². The van der Waals surface area contributed by atoms with Gasteiger partial charge in [0, 0.05) is 22.1 Å². The van der Waals surface area contributed by atoms with Gasteiger partial charge in [0.25, 0.3) is 0 Å². The van der Waals surface area contributed by atoms with Crippen molar-refractivity contribution in [2.24, 2.45) is 0 Å². The highest BCUT2D eigenvalue weighted by molar-refractivity contribution is 7.99. The van der Waals surface area contributed by atoms with Crippen LogP contribution in [0.15, 0.2) is 22.2 Å². The highest BCUT2D eigenvalue weighted by atomic mass is 32.2. The summed E-state index contributed by atoms with van der Waals surface area (Å²) in [5.74, 6) is -0.128. The number of aromatic nitrogens is 1. The second kappa shape index (κ2) is 5.66. The molecule has 0 aliphatic carbocycles. The number of thioether (sulfide) groups is 1. The lowest BCUT2D eigenvalue weighted by molar-refractivity contribution is -0.136. The fourth-order valence-electron chi connectivity index (χ4n) is 1.17. The molecule has 0 radical (unpaired) electrons. The Balaban J connectivity index is 1.97. The van der Waals surface area contributed by atoms with Gasteiger partial charge in [-0.25, -0.2) is 4.98 Å². The number of carbonyl (C=O) groups is 1. The Kier molecular flexibility index (Phi) is 4.20. The molecule has 1 N–H and O–H groups in total. The largest absolute Gasteiger partial charge is 0.480 e. The maximum atomic E-state index is 10.7. The number of rotatable bonds is 5. The molecule has 2 aromatic heterocycles. The summed E-state index contributed by atoms with van der Waals surface area (Å²) in [7, 11) is 0. The minimum absolute atomic E-state index is 0.388. The maximum absolute atomic E-state index is 10.7. The number of thiazole rings is 1. The van der Waals surface area contributed by atoms with Crippen molar-refractivity contribution in [3.63, 3.8) is 0 Å². The zero-order valence-corrected chi connectivity index (χ0v) is 11.6. The number of aliphatic carboxylic acids is 1. The van der Waals surface area contributed by atoms with E-state index >= 15 is 0 Å². The van der Waals surface area contributed by atoms with Crippen molar-refractivity contribution in [2.45, 2.75) is 17.9 Å². The minimum atomic E-state index is -0.775. The van der Waals surface area contributed by atoms with E-state index in [0.29, 0.717) is 5.75 Å². The van der Waals surface area contributed by atoms with Crippen molar-refractivity contribution in [1.82, 2.24) is 4.98 Å². The minimum Gasteiger partial charge on any atom is -0.480 e. The highest BCUT2D eigenvalue weighted by Gasteiger charge is 2.12. The van der Waals surface area contributed by atoms with Crippen LogP contribution in [-0.4, -0.2) is 21.3 Å². The van der Waals surface area contributed by atoms with Crippen LogP contribution in [0.1, 0.15) is 12.6 Å². The zero-order chi connectivity index (χ0) is 12.3. The monoisotopic (exact) mass is 285 g/mol. The van der Waals surface area contributed by atoms with Crippen LogP contribution in [0.2, 0.25) is 0 Å². The Morgan fingerprint density at radius 3 is 3.06 bits per heavy atom. The highest BCUT2D eigenvalue weighted by Crippen LogP contribution is 2.27. The number of thiophene rings is 1. The van der Waals surface area contributed by atoms with E-state index in [2.05, 4.69) is 10.4 Å². The maximum Gasteiger partial charge on any atom is 0.316 e. The predicted molar refractivity (Wildman–Crippen MR) is 73.8 cm³/mol. The van der Waals surface area contributed by atoms with Gasteiger partial charge in [-0.2, -0.15) is 11.3 Å². The number of carboxylic acid groups (broad SMARTS) is 1. The van der Waals surface area contributed by atoms with E-state index in [0.717, 1.165) is 16.3 Å². The van der Waals surface area contributed by atoms with E-state index in [4.69, 9.17) is 5.11 Å². The number of hydrogen-bond acceptors (Lipinski definition) is 5. The molecule has 2 rings (SSSR count). The fourth-order valence-corrected chi connectivity index (χ4v) is 3.52. The van der Waals surface area contributed by atoms with Gasteiger partial charge in [0.1, 0.15) is 5.01 Å². The van der Waals surface area contributed by atoms with E-state index < -0.39 is 5.97 Å². The van der Waals surface area contributed by atoms with Gasteiger partial charge in [0.05, 0.1) is 10.9 Å². The molecule has 1 atom stereocenters. The molecule has 0 spiro atoms. The average molecular weight is 285 g/mol. The molecule has 2 heterocycles. The van der Waals surface area contributed by atoms with Crippen LogP contribution < -0.4 is 0 Å². The van der Waals surface area contributed by atoms with Crippen molar-refractivity contribution >= 4 is 40.4 Å². The van der Waals surface area contributed by atoms with E-state index in [9.17, 15) is 4.79 Å². The van der Waals surface area contributed by atoms with Crippen LogP contribution in [0.3, 0.4) is 0 Å². The van der Waals surface area contributed by atoms with Crippen LogP contribution in [0.25, 0.3) is 10.6 Å². The molecule has 0 bridgehead atoms. The molecular weight excluding hydrogens is 274 g/mol. The van der Waals surface area contributed by atoms with Gasteiger partial charge < -0.3 is 5.11 Å². The van der Waals surface area contributed by atoms with Gasteiger partial charge in [-0.05, 0) is 18.4 Å². The third-order valence-electron chi connectivity index (χ3n) is 2.15. The standard InChI is InChI=1S/C11H11NO2S3/c1-7(11(13)14)16-5-9-6-17-10(12-9)8-2-3-15-4-8/h2-4,6-7H,5H2,1H3,(H,13,14). The molecule has 3 nitrogen and oxygen atoms in total. The van der Waals surface area contributed by atoms with E-state index in [1.165, 1.54) is 11.8 Å². The third kappa shape index (κ3) is 3.31. The molecule has 0 amide bonds. The van der Waals surface area contributed by atoms with Crippen molar-refractivity contribution in [3.8, 4) is 10.6 Å². The molecule has 1 unspecified atom stereocenters. The lowest BCUT2D eigenvalue weighted by Gasteiger charge is -2.03. The Morgan fingerprint density at radius 2 is 2.41 bits per heavy atom. The SMILES string of the molecule is CC(SCc1csc(-c2ccsc2)n1)C(=O)O. The summed E-state index contributed by atoms with van der Waals surface area (Å²) in [6.07, 6.45) is 0. The molecule has 0 aliphatic heterocycles. The summed E-state index contributed by atoms with van der Waals surface area (Å²) in [5, 5.41) is 15.5. The first-order chi connectivity index (χ1) is 8.16. The molecule has 0 aliphatic rings. The molecular formula is C11H11NO2S3. The smallest absolute Gasteiger partial charge is 0.316 e. The molecule has 0 saturated heterocycles. The zero-order valence-electron chi connectivity index (χ0n) is 9.12. The van der Waals surface area contributed by atoms with Crippen LogP contribution in [0.5, 0.6) is 0 Å². The molecule has 2 aromatic rings. The lowest BCUT2D eigenvalue weighted by atomic mass is 10.4. The van der Waals surface area contributed by atoms with Crippen LogP contribution in [0, 0.1) is 0 Å². The quantitative estimate of drug-likeness (QED) is 0.912. The third-order valence-corrected chi connectivity index (χ3v) is 4.94. The summed E-state index contributed by atoms with van der Waals surface area (Å²) in [6, 6.07) is 2.04. The van der Waals surface area contributed by atoms with E-state index in [1.807, 2.05) is 16.8 Å². The van der Waals surface area contributed by atoms with Gasteiger partial charge >= 0.3 is 5.97 Å². The summed E-state index contributed by atoms with van der Waals surface area (Å²) in [4.78, 5) is 15.2. The first kappa shape index (κ1) is 12.6. The number of hydrogen-bond donors (Lipinski definition) is 1. The predicted octanol–water partition coefficient (Wildman–Crippen LogP) is 3.58. The van der Waals surface area contributed by atoms with Crippen LogP contribution >= 0.6 is 34.4 Å². The summed E-state index contributed by atoms with van der Waals surface area (Å²) >= 11 is 4.65. The second-order valence-electron chi connectivity index (χ2n) is 3.45. The first-order valence-corrected chi connectivity index (χ1v) is 7.85. The Bertz CT molecular complexity index is 493. The molecule has 0 fully saturated rings. The van der Waals surface area contributed by atoms with Crippen molar-refractivity contribution in [1.29, 1.82) is 0 Å². The van der Waals surface area contributed by atoms with Gasteiger partial charge in [-0.15, -0.1) is 23.1 Å². The van der Waals surface area contributed by atoms with Gasteiger partial charge in [-0.1, -0.05) is 0 Å². The molecule has 17 heavy (non-hydrogen) atoms. The molecule has 0 saturated carbocycles. The van der Waals surface area contributed by atoms with Gasteiger partial charge in [-0.3, -0.25) is 4.79 Å². The molecule has 90 valence electrons. The lowest BCUT2D eigenvalue weighted by Crippen LogP contribution is -2.11. The van der Waals surface area contributed by atoms with Crippen molar-refractivity contribution in [2.75, 3.05) is 0 Å². The Hall–Kier alpha value is -0.850. The first-order valence-electron chi connectivity index (χ1n) is 4.98. The summed E-state index contributed by atoms with van der Waals surface area (Å²) < 4.78 is 0. The Morgan fingerprint density at radius 1 is 1.59 bits per heavy atom. The second-order valence-corrected chi connectivity index (χ2v) is 6.41. The van der Waals surface area contributed by atoms with Crippen molar-refractivity contribution < 1.29 is 9.90 Å². The van der Waals surface area contributed by atoms with Crippen LogP contribution in [0.4, 0.5) is 0 Å². The molecule has 6 heteroatoms. The number of nitrogens with zero attached hydrogens (tertiary/aromatic N) is 1. The fraction of sp³-hybridized carbons (Fsp3) is 0.273. The Labute approximate surface area is 112 Å². The number of carboxylic acids is 1. The normalized spacial score (nSPS) is 12.5. The van der Waals surface area contributed by atoms with Gasteiger partial charge in [0.15, 0.2) is 0 Å². The molecule has 0 aromatic carbocycles. The van der Waals surface area contributed by atoms with Gasteiger partial charge in [0.2, 0.25) is 0 Å².